The molecule has 0 aliphatic carbocycles. The number of fused-ring (bicyclic) bond motifs is 1. The van der Waals surface area contributed by atoms with Crippen molar-refractivity contribution in [2.75, 3.05) is 57.3 Å². The highest BCUT2D eigenvalue weighted by Gasteiger charge is 2.25. The molecule has 1 aromatic heterocycles. The summed E-state index contributed by atoms with van der Waals surface area (Å²) in [5, 5.41) is 4.07. The van der Waals surface area contributed by atoms with Crippen molar-refractivity contribution in [2.24, 2.45) is 0 Å². The van der Waals surface area contributed by atoms with Gasteiger partial charge >= 0.3 is 0 Å². The second-order valence-corrected chi connectivity index (χ2v) is 13.3. The van der Waals surface area contributed by atoms with Crippen molar-refractivity contribution in [2.45, 2.75) is 44.4 Å². The Labute approximate surface area is 229 Å². The van der Waals surface area contributed by atoms with E-state index in [-0.39, 0.29) is 10.8 Å². The van der Waals surface area contributed by atoms with E-state index in [2.05, 4.69) is 41.1 Å². The van der Waals surface area contributed by atoms with Gasteiger partial charge < -0.3 is 10.2 Å². The van der Waals surface area contributed by atoms with Crippen molar-refractivity contribution in [3.8, 4) is 0 Å². The van der Waals surface area contributed by atoms with Crippen LogP contribution in [-0.2, 0) is 10.0 Å². The van der Waals surface area contributed by atoms with Gasteiger partial charge in [-0.15, -0.1) is 0 Å². The SMILES string of the molecule is Cc1cc(C)c2nc(N3CCN(CCNC(=O)c4ccc(S(=O)(=O)N5CCCCCC5)cc4)CC3)sc2c1. The zero-order valence-corrected chi connectivity index (χ0v) is 23.9. The topological polar surface area (TPSA) is 85.9 Å². The van der Waals surface area contributed by atoms with Crippen LogP contribution in [-0.4, -0.2) is 80.9 Å². The molecule has 10 heteroatoms. The predicted molar refractivity (Wildman–Crippen MR) is 154 cm³/mol. The second-order valence-electron chi connectivity index (χ2n) is 10.4. The minimum absolute atomic E-state index is 0.178. The third-order valence-corrected chi connectivity index (χ3v) is 10.5. The first kappa shape index (κ1) is 27.1. The molecule has 3 aromatic rings. The Morgan fingerprint density at radius 2 is 1.63 bits per heavy atom. The maximum atomic E-state index is 13.0. The first-order valence-electron chi connectivity index (χ1n) is 13.5. The largest absolute Gasteiger partial charge is 0.351 e. The summed E-state index contributed by atoms with van der Waals surface area (Å²) < 4.78 is 28.8. The van der Waals surface area contributed by atoms with E-state index < -0.39 is 10.0 Å². The second kappa shape index (κ2) is 11.7. The molecular weight excluding hydrogens is 518 g/mol. The van der Waals surface area contributed by atoms with E-state index in [1.165, 1.54) is 15.8 Å². The van der Waals surface area contributed by atoms with Gasteiger partial charge in [-0.1, -0.05) is 30.2 Å². The smallest absolute Gasteiger partial charge is 0.251 e. The summed E-state index contributed by atoms with van der Waals surface area (Å²) in [4.78, 5) is 22.5. The van der Waals surface area contributed by atoms with Crippen LogP contribution in [0.2, 0.25) is 0 Å². The molecule has 1 N–H and O–H groups in total. The Bertz CT molecular complexity index is 1370. The maximum absolute atomic E-state index is 13.0. The molecule has 5 rings (SSSR count). The van der Waals surface area contributed by atoms with Crippen molar-refractivity contribution in [1.82, 2.24) is 19.5 Å². The number of nitrogens with one attached hydrogen (secondary N) is 1. The Balaban J connectivity index is 1.09. The van der Waals surface area contributed by atoms with E-state index in [1.807, 2.05) is 0 Å². The molecule has 2 saturated heterocycles. The highest BCUT2D eigenvalue weighted by Crippen LogP contribution is 2.32. The first-order valence-corrected chi connectivity index (χ1v) is 15.8. The number of anilines is 1. The summed E-state index contributed by atoms with van der Waals surface area (Å²) in [6, 6.07) is 10.7. The Kier molecular flexibility index (Phi) is 8.32. The normalized spacial score (nSPS) is 18.0. The zero-order valence-electron chi connectivity index (χ0n) is 22.3. The zero-order chi connectivity index (χ0) is 26.7. The number of sulfonamides is 1. The highest BCUT2D eigenvalue weighted by atomic mass is 32.2. The van der Waals surface area contributed by atoms with Crippen molar-refractivity contribution < 1.29 is 13.2 Å². The molecule has 1 amide bonds. The van der Waals surface area contributed by atoms with E-state index in [0.717, 1.165) is 69.1 Å². The van der Waals surface area contributed by atoms with Crippen molar-refractivity contribution >= 4 is 42.6 Å². The average molecular weight is 556 g/mol. The Morgan fingerprint density at radius 1 is 0.947 bits per heavy atom. The minimum atomic E-state index is -3.51. The monoisotopic (exact) mass is 555 g/mol. The van der Waals surface area contributed by atoms with E-state index in [0.29, 0.717) is 25.2 Å². The summed E-state index contributed by atoms with van der Waals surface area (Å²) in [5.41, 5.74) is 4.08. The van der Waals surface area contributed by atoms with Crippen molar-refractivity contribution in [3.05, 3.63) is 53.1 Å². The summed E-state index contributed by atoms with van der Waals surface area (Å²) >= 11 is 1.76. The molecule has 204 valence electrons. The molecule has 3 heterocycles. The van der Waals surface area contributed by atoms with Gasteiger partial charge in [-0.05, 0) is 68.1 Å². The van der Waals surface area contributed by atoms with Gasteiger partial charge in [0.15, 0.2) is 5.13 Å². The number of thiazole rings is 1. The average Bonchev–Trinajstić information content (AvgIpc) is 3.14. The lowest BCUT2D eigenvalue weighted by molar-refractivity contribution is 0.0947. The Morgan fingerprint density at radius 3 is 2.32 bits per heavy atom. The molecule has 0 spiro atoms. The number of nitrogens with zero attached hydrogens (tertiary/aromatic N) is 4. The van der Waals surface area contributed by atoms with Gasteiger partial charge in [-0.2, -0.15) is 4.31 Å². The maximum Gasteiger partial charge on any atom is 0.251 e. The third-order valence-electron chi connectivity index (χ3n) is 7.49. The van der Waals surface area contributed by atoms with Crippen LogP contribution in [0.3, 0.4) is 0 Å². The van der Waals surface area contributed by atoms with Gasteiger partial charge in [0.25, 0.3) is 5.91 Å². The van der Waals surface area contributed by atoms with Crippen LogP contribution < -0.4 is 10.2 Å². The highest BCUT2D eigenvalue weighted by molar-refractivity contribution is 7.89. The summed E-state index contributed by atoms with van der Waals surface area (Å²) in [7, 11) is -3.51. The molecule has 2 aliphatic rings. The van der Waals surface area contributed by atoms with Crippen LogP contribution in [0.25, 0.3) is 10.2 Å². The lowest BCUT2D eigenvalue weighted by Crippen LogP contribution is -2.48. The molecule has 2 aromatic carbocycles. The van der Waals surface area contributed by atoms with E-state index in [9.17, 15) is 13.2 Å². The van der Waals surface area contributed by atoms with E-state index in [1.54, 1.807) is 39.9 Å². The number of benzene rings is 2. The molecule has 0 bridgehead atoms. The van der Waals surface area contributed by atoms with Gasteiger partial charge in [-0.25, -0.2) is 13.4 Å². The van der Waals surface area contributed by atoms with Crippen LogP contribution in [0.4, 0.5) is 5.13 Å². The lowest BCUT2D eigenvalue weighted by Gasteiger charge is -2.34. The standard InChI is InChI=1S/C28H37N5O3S2/c1-21-19-22(2)26-25(20-21)37-28(30-26)32-17-15-31(16-18-32)14-11-29-27(34)23-7-9-24(10-8-23)38(35,36)33-12-5-3-4-6-13-33/h7-10,19-20H,3-6,11-18H2,1-2H3,(H,29,34). The van der Waals surface area contributed by atoms with Gasteiger partial charge in [-0.3, -0.25) is 9.69 Å². The van der Waals surface area contributed by atoms with Crippen LogP contribution in [0.1, 0.15) is 47.2 Å². The Hall–Kier alpha value is -2.53. The predicted octanol–water partition coefficient (Wildman–Crippen LogP) is 4.03. The molecule has 8 nitrogen and oxygen atoms in total. The molecule has 2 fully saturated rings. The number of hydrogen-bond donors (Lipinski definition) is 1. The number of piperazine rings is 1. The van der Waals surface area contributed by atoms with Crippen molar-refractivity contribution in [1.29, 1.82) is 0 Å². The summed E-state index contributed by atoms with van der Waals surface area (Å²) in [6.07, 6.45) is 3.94. The van der Waals surface area contributed by atoms with Gasteiger partial charge in [0.05, 0.1) is 15.1 Å². The fourth-order valence-corrected chi connectivity index (χ4v) is 8.01. The molecule has 0 saturated carbocycles. The number of carbonyl (C=O) groups excluding carboxylic acids is 1. The summed E-state index contributed by atoms with van der Waals surface area (Å²) in [5.74, 6) is -0.178. The van der Waals surface area contributed by atoms with E-state index in [4.69, 9.17) is 4.98 Å². The molecule has 38 heavy (non-hydrogen) atoms. The number of aromatic nitrogens is 1. The van der Waals surface area contributed by atoms with Gasteiger partial charge in [0, 0.05) is 57.9 Å². The molecule has 0 atom stereocenters. The number of rotatable bonds is 7. The van der Waals surface area contributed by atoms with E-state index >= 15 is 0 Å². The van der Waals surface area contributed by atoms with Crippen LogP contribution in [0.15, 0.2) is 41.3 Å². The number of amides is 1. The van der Waals surface area contributed by atoms with Gasteiger partial charge in [0.2, 0.25) is 10.0 Å². The number of aryl methyl sites for hydroxylation is 2. The fourth-order valence-electron chi connectivity index (χ4n) is 5.30. The number of carbonyl (C=O) groups is 1. The third kappa shape index (κ3) is 6.03. The molecule has 0 unspecified atom stereocenters. The summed E-state index contributed by atoms with van der Waals surface area (Å²) in [6.45, 7) is 10.4. The minimum Gasteiger partial charge on any atom is -0.351 e. The van der Waals surface area contributed by atoms with Crippen LogP contribution in [0, 0.1) is 13.8 Å². The fraction of sp³-hybridized carbons (Fsp3) is 0.500. The quantitative estimate of drug-likeness (QED) is 0.474. The van der Waals surface area contributed by atoms with Crippen LogP contribution >= 0.6 is 11.3 Å². The first-order chi connectivity index (χ1) is 18.3. The van der Waals surface area contributed by atoms with Crippen molar-refractivity contribution in [3.63, 3.8) is 0 Å². The molecule has 2 aliphatic heterocycles. The molecular formula is C28H37N5O3S2. The molecule has 0 radical (unpaired) electrons. The van der Waals surface area contributed by atoms with Crippen LogP contribution in [0.5, 0.6) is 0 Å². The lowest BCUT2D eigenvalue weighted by atomic mass is 10.1. The number of hydrogen-bond acceptors (Lipinski definition) is 7. The van der Waals surface area contributed by atoms with Gasteiger partial charge in [0.1, 0.15) is 0 Å².